The van der Waals surface area contributed by atoms with E-state index in [0.29, 0.717) is 40.6 Å². The van der Waals surface area contributed by atoms with E-state index in [9.17, 15) is 14.7 Å². The molecule has 0 saturated carbocycles. The van der Waals surface area contributed by atoms with Crippen LogP contribution in [0.2, 0.25) is 0 Å². The highest BCUT2D eigenvalue weighted by atomic mass is 16.5. The molecule has 0 spiro atoms. The normalized spacial score (nSPS) is 17.5. The molecule has 1 saturated heterocycles. The van der Waals surface area contributed by atoms with Crippen LogP contribution in [-0.4, -0.2) is 41.2 Å². The Bertz CT molecular complexity index is 1230. The summed E-state index contributed by atoms with van der Waals surface area (Å²) in [5, 5.41) is 10.7. The molecular weight excluding hydrogens is 374 g/mol. The molecule has 0 aliphatic carbocycles. The third kappa shape index (κ3) is 2.35. The van der Waals surface area contributed by atoms with E-state index >= 15 is 0 Å². The molecule has 2 aliphatic heterocycles. The fraction of sp³-hybridized carbons (Fsp3) is 0.286. The van der Waals surface area contributed by atoms with Gasteiger partial charge >= 0.3 is 5.56 Å². The van der Waals surface area contributed by atoms with Crippen molar-refractivity contribution in [1.82, 2.24) is 9.47 Å². The Balaban J connectivity index is 1.95. The van der Waals surface area contributed by atoms with Crippen LogP contribution in [0.15, 0.2) is 41.3 Å². The van der Waals surface area contributed by atoms with E-state index in [0.717, 1.165) is 12.8 Å². The summed E-state index contributed by atoms with van der Waals surface area (Å²) < 4.78 is 13.8. The number of amides is 1. The fourth-order valence-electron chi connectivity index (χ4n) is 4.40. The number of benzene rings is 1. The topological polar surface area (TPSA) is 85.1 Å². The highest BCUT2D eigenvalue weighted by Gasteiger charge is 2.44. The average Bonchev–Trinajstić information content (AvgIpc) is 3.21. The molecule has 148 valence electrons. The van der Waals surface area contributed by atoms with Gasteiger partial charge in [0, 0.05) is 18.7 Å². The number of carbonyl (C=O) groups is 1. The van der Waals surface area contributed by atoms with Crippen LogP contribution in [-0.2, 0) is 0 Å². The molecule has 1 N–H and O–H groups in total. The van der Waals surface area contributed by atoms with E-state index < -0.39 is 11.3 Å². The molecule has 2 aliphatic rings. The molecule has 1 aromatic carbocycles. The van der Waals surface area contributed by atoms with Gasteiger partial charge in [0.15, 0.2) is 5.52 Å². The van der Waals surface area contributed by atoms with E-state index in [4.69, 9.17) is 9.47 Å². The molecule has 29 heavy (non-hydrogen) atoms. The first-order valence-electron chi connectivity index (χ1n) is 9.42. The van der Waals surface area contributed by atoms with Crippen LogP contribution in [0.5, 0.6) is 17.2 Å². The standard InChI is InChI=1S/C21H19N3O5/c1-28-12-5-6-15-14(10-12)20(26)23-8-3-4-16(23)19-22-9-7-13(29-2)11-17(22)18(25)21(27)24(15)19/h5-7,9-11,16H,3-4,8H2,1-2H3/p+1/t16-/m0/s1. The second kappa shape index (κ2) is 6.23. The number of pyridine rings is 1. The van der Waals surface area contributed by atoms with Crippen LogP contribution in [0, 0.1) is 0 Å². The first kappa shape index (κ1) is 17.5. The molecule has 8 nitrogen and oxygen atoms in total. The summed E-state index contributed by atoms with van der Waals surface area (Å²) in [5.41, 5.74) is 0.591. The second-order valence-electron chi connectivity index (χ2n) is 7.21. The van der Waals surface area contributed by atoms with Gasteiger partial charge in [-0.15, -0.1) is 0 Å². The van der Waals surface area contributed by atoms with Gasteiger partial charge in [-0.1, -0.05) is 0 Å². The highest BCUT2D eigenvalue weighted by molar-refractivity contribution is 5.99. The monoisotopic (exact) mass is 394 g/mol. The zero-order valence-corrected chi connectivity index (χ0v) is 16.1. The van der Waals surface area contributed by atoms with Gasteiger partial charge in [0.25, 0.3) is 17.5 Å². The minimum Gasteiger partial charge on any atom is -0.498 e. The molecule has 1 atom stereocenters. The quantitative estimate of drug-likeness (QED) is 0.668. The van der Waals surface area contributed by atoms with Gasteiger partial charge in [0.05, 0.1) is 19.8 Å². The van der Waals surface area contributed by atoms with Crippen molar-refractivity contribution in [2.24, 2.45) is 0 Å². The number of fused-ring (bicyclic) bond motifs is 7. The van der Waals surface area contributed by atoms with Crippen LogP contribution in [0.4, 0.5) is 0 Å². The number of methoxy groups -OCH3 is 2. The van der Waals surface area contributed by atoms with Crippen LogP contribution in [0.3, 0.4) is 0 Å². The molecule has 2 aromatic heterocycles. The van der Waals surface area contributed by atoms with Crippen molar-refractivity contribution in [3.63, 3.8) is 0 Å². The molecule has 1 fully saturated rings. The summed E-state index contributed by atoms with van der Waals surface area (Å²) in [5.74, 6) is 1.16. The van der Waals surface area contributed by atoms with E-state index in [1.807, 2.05) is 0 Å². The molecule has 0 bridgehead atoms. The number of ether oxygens (including phenoxy) is 2. The molecule has 1 amide bonds. The summed E-state index contributed by atoms with van der Waals surface area (Å²) in [7, 11) is 3.06. The SMILES string of the molecule is COc1ccc2c(c1)C(=O)N1CCC[C@H]1c1n-2c(=O)c(O)c2cc(OC)cc[n+]12. The van der Waals surface area contributed by atoms with Crippen molar-refractivity contribution < 1.29 is 23.8 Å². The lowest BCUT2D eigenvalue weighted by atomic mass is 10.1. The Labute approximate surface area is 166 Å². The molecule has 5 rings (SSSR count). The van der Waals surface area contributed by atoms with Crippen LogP contribution >= 0.6 is 0 Å². The van der Waals surface area contributed by atoms with Crippen molar-refractivity contribution in [1.29, 1.82) is 0 Å². The van der Waals surface area contributed by atoms with Crippen LogP contribution in [0.25, 0.3) is 11.2 Å². The number of aromatic nitrogens is 2. The summed E-state index contributed by atoms with van der Waals surface area (Å²) in [6.07, 6.45) is 3.33. The molecule has 8 heteroatoms. The number of hydrogen-bond donors (Lipinski definition) is 1. The third-order valence-electron chi connectivity index (χ3n) is 5.77. The Morgan fingerprint density at radius 3 is 2.62 bits per heavy atom. The highest BCUT2D eigenvalue weighted by Crippen LogP contribution is 2.38. The third-order valence-corrected chi connectivity index (χ3v) is 5.77. The largest absolute Gasteiger partial charge is 0.498 e. The van der Waals surface area contributed by atoms with Crippen LogP contribution in [0.1, 0.15) is 35.1 Å². The Kier molecular flexibility index (Phi) is 3.77. The zero-order chi connectivity index (χ0) is 20.3. The van der Waals surface area contributed by atoms with Crippen molar-refractivity contribution in [2.45, 2.75) is 18.9 Å². The first-order chi connectivity index (χ1) is 14.0. The van der Waals surface area contributed by atoms with Gasteiger partial charge in [-0.3, -0.25) is 4.79 Å². The van der Waals surface area contributed by atoms with E-state index in [1.165, 1.54) is 18.8 Å². The smallest absolute Gasteiger partial charge is 0.385 e. The summed E-state index contributed by atoms with van der Waals surface area (Å²) in [4.78, 5) is 28.4. The minimum absolute atomic E-state index is 0.147. The molecule has 0 unspecified atom stereocenters. The van der Waals surface area contributed by atoms with Gasteiger partial charge in [0.2, 0.25) is 0 Å². The number of aromatic hydroxyl groups is 1. The van der Waals surface area contributed by atoms with Gasteiger partial charge in [-0.2, -0.15) is 8.97 Å². The molecule has 4 heterocycles. The van der Waals surface area contributed by atoms with E-state index in [2.05, 4.69) is 0 Å². The maximum atomic E-state index is 13.4. The average molecular weight is 394 g/mol. The lowest BCUT2D eigenvalue weighted by Crippen LogP contribution is -2.42. The molecule has 3 aromatic rings. The van der Waals surface area contributed by atoms with Gasteiger partial charge < -0.3 is 19.5 Å². The van der Waals surface area contributed by atoms with Crippen molar-refractivity contribution in [3.05, 3.63) is 58.3 Å². The van der Waals surface area contributed by atoms with Gasteiger partial charge in [-0.05, 0) is 31.0 Å². The van der Waals surface area contributed by atoms with Gasteiger partial charge in [0.1, 0.15) is 29.4 Å². The number of hydrogen-bond acceptors (Lipinski definition) is 5. The molecule has 0 radical (unpaired) electrons. The number of carbonyl (C=O) groups excluding carboxylic acids is 1. The summed E-state index contributed by atoms with van der Waals surface area (Å²) >= 11 is 0. The maximum absolute atomic E-state index is 13.4. The molecular formula is C21H20N3O5+. The summed E-state index contributed by atoms with van der Waals surface area (Å²) in [6, 6.07) is 8.15. The second-order valence-corrected chi connectivity index (χ2v) is 7.21. The minimum atomic E-state index is -0.568. The Morgan fingerprint density at radius 2 is 1.86 bits per heavy atom. The van der Waals surface area contributed by atoms with E-state index in [1.54, 1.807) is 45.8 Å². The van der Waals surface area contributed by atoms with Crippen LogP contribution < -0.4 is 19.4 Å². The first-order valence-corrected chi connectivity index (χ1v) is 9.42. The van der Waals surface area contributed by atoms with E-state index in [-0.39, 0.29) is 11.9 Å². The lowest BCUT2D eigenvalue weighted by Gasteiger charge is -2.20. The number of rotatable bonds is 2. The Hall–Kier alpha value is -3.55. The van der Waals surface area contributed by atoms with Gasteiger partial charge in [-0.25, -0.2) is 4.79 Å². The lowest BCUT2D eigenvalue weighted by molar-refractivity contribution is -0.532. The summed E-state index contributed by atoms with van der Waals surface area (Å²) in [6.45, 7) is 0.605. The zero-order valence-electron chi connectivity index (χ0n) is 16.1. The predicted molar refractivity (Wildman–Crippen MR) is 103 cm³/mol. The van der Waals surface area contributed by atoms with Crippen molar-refractivity contribution in [2.75, 3.05) is 20.8 Å². The maximum Gasteiger partial charge on any atom is 0.385 e. The number of nitrogens with zero attached hydrogens (tertiary/aromatic N) is 3. The predicted octanol–water partition coefficient (Wildman–Crippen LogP) is 1.59. The van der Waals surface area contributed by atoms with Crippen molar-refractivity contribution in [3.8, 4) is 22.9 Å². The van der Waals surface area contributed by atoms with Crippen molar-refractivity contribution >= 4 is 11.4 Å². The Morgan fingerprint density at radius 1 is 1.10 bits per heavy atom. The fourth-order valence-corrected chi connectivity index (χ4v) is 4.40.